The molecule has 1 aromatic heterocycles. The average Bonchev–Trinajstić information content (AvgIpc) is 2.86. The summed E-state index contributed by atoms with van der Waals surface area (Å²) in [5.41, 5.74) is 6.03. The van der Waals surface area contributed by atoms with E-state index in [-0.39, 0.29) is 5.91 Å². The number of aromatic nitrogens is 2. The lowest BCUT2D eigenvalue weighted by atomic mass is 10.1. The van der Waals surface area contributed by atoms with Crippen molar-refractivity contribution in [3.63, 3.8) is 0 Å². The first-order valence-corrected chi connectivity index (χ1v) is 8.00. The van der Waals surface area contributed by atoms with E-state index in [1.54, 1.807) is 0 Å². The van der Waals surface area contributed by atoms with Crippen molar-refractivity contribution in [2.45, 2.75) is 27.2 Å². The van der Waals surface area contributed by atoms with Crippen molar-refractivity contribution in [2.75, 3.05) is 5.32 Å². The molecular formula is C20H21N3O. The van der Waals surface area contributed by atoms with Gasteiger partial charge in [-0.15, -0.1) is 0 Å². The minimum Gasteiger partial charge on any atom is -0.326 e. The Morgan fingerprint density at radius 2 is 1.79 bits per heavy atom. The number of aryl methyl sites for hydroxylation is 3. The minimum atomic E-state index is -0.0144. The summed E-state index contributed by atoms with van der Waals surface area (Å²) in [5, 5.41) is 7.41. The Morgan fingerprint density at radius 3 is 2.42 bits per heavy atom. The van der Waals surface area contributed by atoms with Gasteiger partial charge in [-0.2, -0.15) is 5.10 Å². The first-order chi connectivity index (χ1) is 11.5. The lowest BCUT2D eigenvalue weighted by Crippen LogP contribution is -2.14. The van der Waals surface area contributed by atoms with Gasteiger partial charge in [-0.1, -0.05) is 24.3 Å². The molecule has 0 unspecified atom stereocenters. The first kappa shape index (κ1) is 16.0. The molecule has 0 atom stereocenters. The van der Waals surface area contributed by atoms with Crippen LogP contribution >= 0.6 is 0 Å². The van der Waals surface area contributed by atoms with Crippen LogP contribution in [-0.4, -0.2) is 15.7 Å². The first-order valence-electron chi connectivity index (χ1n) is 8.00. The van der Waals surface area contributed by atoms with Gasteiger partial charge in [0.25, 0.3) is 0 Å². The largest absolute Gasteiger partial charge is 0.326 e. The van der Waals surface area contributed by atoms with Crippen molar-refractivity contribution in [1.82, 2.24) is 9.78 Å². The Bertz CT molecular complexity index is 863. The van der Waals surface area contributed by atoms with Crippen LogP contribution in [0.25, 0.3) is 5.69 Å². The molecule has 0 aliphatic rings. The van der Waals surface area contributed by atoms with Crippen LogP contribution in [0.15, 0.2) is 54.6 Å². The van der Waals surface area contributed by atoms with Gasteiger partial charge in [-0.25, -0.2) is 4.68 Å². The molecule has 0 saturated carbocycles. The summed E-state index contributed by atoms with van der Waals surface area (Å²) in [4.78, 5) is 12.2. The van der Waals surface area contributed by atoms with Crippen LogP contribution in [0, 0.1) is 20.8 Å². The highest BCUT2D eigenvalue weighted by molar-refractivity contribution is 5.92. The number of carbonyl (C=O) groups is 1. The predicted molar refractivity (Wildman–Crippen MR) is 96.6 cm³/mol. The molecule has 1 amide bonds. The standard InChI is InChI=1S/C20H21N3O/c1-14-5-4-6-18(11-14)21-20(24)13-17-7-9-19(10-8-17)23-16(3)12-15(2)22-23/h4-12H,13H2,1-3H3,(H,21,24). The quantitative estimate of drug-likeness (QED) is 0.790. The van der Waals surface area contributed by atoms with E-state index in [0.29, 0.717) is 6.42 Å². The number of amides is 1. The van der Waals surface area contributed by atoms with Crippen molar-refractivity contribution in [1.29, 1.82) is 0 Å². The Balaban J connectivity index is 1.68. The summed E-state index contributed by atoms with van der Waals surface area (Å²) in [6, 6.07) is 17.8. The van der Waals surface area contributed by atoms with Gasteiger partial charge in [-0.05, 0) is 62.2 Å². The van der Waals surface area contributed by atoms with E-state index in [4.69, 9.17) is 0 Å². The maximum atomic E-state index is 12.2. The zero-order valence-corrected chi connectivity index (χ0v) is 14.2. The second-order valence-electron chi connectivity index (χ2n) is 6.10. The zero-order chi connectivity index (χ0) is 17.1. The van der Waals surface area contributed by atoms with Gasteiger partial charge in [0.2, 0.25) is 5.91 Å². The smallest absolute Gasteiger partial charge is 0.228 e. The topological polar surface area (TPSA) is 46.9 Å². The van der Waals surface area contributed by atoms with Crippen molar-refractivity contribution < 1.29 is 4.79 Å². The van der Waals surface area contributed by atoms with Crippen molar-refractivity contribution in [3.05, 3.63) is 77.1 Å². The summed E-state index contributed by atoms with van der Waals surface area (Å²) in [7, 11) is 0. The van der Waals surface area contributed by atoms with E-state index in [9.17, 15) is 4.79 Å². The van der Waals surface area contributed by atoms with Gasteiger partial charge in [-0.3, -0.25) is 4.79 Å². The van der Waals surface area contributed by atoms with E-state index < -0.39 is 0 Å². The van der Waals surface area contributed by atoms with E-state index in [1.807, 2.05) is 80.1 Å². The molecule has 122 valence electrons. The average molecular weight is 319 g/mol. The SMILES string of the molecule is Cc1cccc(NC(=O)Cc2ccc(-n3nc(C)cc3C)cc2)c1. The van der Waals surface area contributed by atoms with E-state index in [0.717, 1.165) is 33.9 Å². The molecule has 3 rings (SSSR count). The van der Waals surface area contributed by atoms with Gasteiger partial charge in [0.05, 0.1) is 17.8 Å². The molecule has 4 heteroatoms. The normalized spacial score (nSPS) is 10.6. The van der Waals surface area contributed by atoms with Gasteiger partial charge in [0, 0.05) is 11.4 Å². The molecule has 2 aromatic carbocycles. The van der Waals surface area contributed by atoms with Gasteiger partial charge in [0.1, 0.15) is 0 Å². The number of nitrogens with one attached hydrogen (secondary N) is 1. The number of hydrogen-bond donors (Lipinski definition) is 1. The van der Waals surface area contributed by atoms with Gasteiger partial charge in [0.15, 0.2) is 0 Å². The molecule has 1 N–H and O–H groups in total. The van der Waals surface area contributed by atoms with Crippen molar-refractivity contribution in [3.8, 4) is 5.69 Å². The van der Waals surface area contributed by atoms with E-state index >= 15 is 0 Å². The molecule has 0 spiro atoms. The molecular weight excluding hydrogens is 298 g/mol. The van der Waals surface area contributed by atoms with Gasteiger partial charge < -0.3 is 5.32 Å². The third-order valence-electron chi connectivity index (χ3n) is 3.86. The third kappa shape index (κ3) is 3.71. The molecule has 24 heavy (non-hydrogen) atoms. The highest BCUT2D eigenvalue weighted by Gasteiger charge is 2.07. The Morgan fingerprint density at radius 1 is 1.04 bits per heavy atom. The fourth-order valence-electron chi connectivity index (χ4n) is 2.76. The van der Waals surface area contributed by atoms with E-state index in [1.165, 1.54) is 0 Å². The number of benzene rings is 2. The fourth-order valence-corrected chi connectivity index (χ4v) is 2.76. The third-order valence-corrected chi connectivity index (χ3v) is 3.86. The molecule has 0 fully saturated rings. The Kier molecular flexibility index (Phi) is 4.47. The van der Waals surface area contributed by atoms with Crippen LogP contribution in [0.1, 0.15) is 22.5 Å². The fraction of sp³-hybridized carbons (Fsp3) is 0.200. The number of nitrogens with zero attached hydrogens (tertiary/aromatic N) is 2. The van der Waals surface area contributed by atoms with Gasteiger partial charge >= 0.3 is 0 Å². The maximum Gasteiger partial charge on any atom is 0.228 e. The van der Waals surface area contributed by atoms with Crippen molar-refractivity contribution >= 4 is 11.6 Å². The molecule has 4 nitrogen and oxygen atoms in total. The number of rotatable bonds is 4. The Labute approximate surface area is 142 Å². The number of anilines is 1. The van der Waals surface area contributed by atoms with E-state index in [2.05, 4.69) is 10.4 Å². The lowest BCUT2D eigenvalue weighted by Gasteiger charge is -2.08. The van der Waals surface area contributed by atoms with Crippen molar-refractivity contribution in [2.24, 2.45) is 0 Å². The van der Waals surface area contributed by atoms with Crippen LogP contribution in [0.3, 0.4) is 0 Å². The number of carbonyl (C=O) groups excluding carboxylic acids is 1. The van der Waals surface area contributed by atoms with Crippen LogP contribution in [0.2, 0.25) is 0 Å². The molecule has 0 aliphatic carbocycles. The molecule has 0 radical (unpaired) electrons. The van der Waals surface area contributed by atoms with Crippen LogP contribution < -0.4 is 5.32 Å². The Hall–Kier alpha value is -2.88. The molecule has 0 bridgehead atoms. The summed E-state index contributed by atoms with van der Waals surface area (Å²) in [5.74, 6) is -0.0144. The molecule has 0 aliphatic heterocycles. The second-order valence-corrected chi connectivity index (χ2v) is 6.10. The number of hydrogen-bond acceptors (Lipinski definition) is 2. The zero-order valence-electron chi connectivity index (χ0n) is 14.2. The predicted octanol–water partition coefficient (Wildman–Crippen LogP) is 3.98. The van der Waals surface area contributed by atoms with Crippen LogP contribution in [0.5, 0.6) is 0 Å². The maximum absolute atomic E-state index is 12.2. The highest BCUT2D eigenvalue weighted by Crippen LogP contribution is 2.14. The highest BCUT2D eigenvalue weighted by atomic mass is 16.1. The summed E-state index contributed by atoms with van der Waals surface area (Å²) < 4.78 is 1.91. The second kappa shape index (κ2) is 6.71. The molecule has 1 heterocycles. The van der Waals surface area contributed by atoms with Crippen LogP contribution in [0.4, 0.5) is 5.69 Å². The minimum absolute atomic E-state index is 0.0144. The lowest BCUT2D eigenvalue weighted by molar-refractivity contribution is -0.115. The molecule has 3 aromatic rings. The van der Waals surface area contributed by atoms with Crippen LogP contribution in [-0.2, 0) is 11.2 Å². The monoisotopic (exact) mass is 319 g/mol. The summed E-state index contributed by atoms with van der Waals surface area (Å²) in [6.45, 7) is 6.02. The summed E-state index contributed by atoms with van der Waals surface area (Å²) in [6.07, 6.45) is 0.353. The summed E-state index contributed by atoms with van der Waals surface area (Å²) >= 11 is 0. The molecule has 0 saturated heterocycles.